The molecule has 0 saturated carbocycles. The molecule has 0 atom stereocenters. The third-order valence-corrected chi connectivity index (χ3v) is 3.33. The van der Waals surface area contributed by atoms with E-state index in [4.69, 9.17) is 10.5 Å². The van der Waals surface area contributed by atoms with Crippen LogP contribution in [-0.2, 0) is 4.79 Å². The van der Waals surface area contributed by atoms with Crippen LogP contribution in [0.4, 0.5) is 11.5 Å². The van der Waals surface area contributed by atoms with Gasteiger partial charge in [0.25, 0.3) is 5.56 Å². The molecule has 0 bridgehead atoms. The molecule has 21 heavy (non-hydrogen) atoms. The standard InChI is InChI=1S/C13H14N4O3S/c1-20-9-4-2-8(3-5-9)15-12(19)7-21-13-16-10(14)6-11(18)17-13/h2-6H,7H2,1H3,(H,15,19)(H3,14,16,17,18). The summed E-state index contributed by atoms with van der Waals surface area (Å²) >= 11 is 1.10. The Bertz CT molecular complexity index is 685. The molecule has 0 aliphatic rings. The van der Waals surface area contributed by atoms with Crippen LogP contribution in [0.5, 0.6) is 5.75 Å². The van der Waals surface area contributed by atoms with E-state index in [2.05, 4.69) is 15.3 Å². The molecule has 0 spiro atoms. The summed E-state index contributed by atoms with van der Waals surface area (Å²) < 4.78 is 5.03. The zero-order valence-corrected chi connectivity index (χ0v) is 12.1. The van der Waals surface area contributed by atoms with Gasteiger partial charge in [-0.25, -0.2) is 4.98 Å². The Morgan fingerprint density at radius 3 is 2.76 bits per heavy atom. The predicted molar refractivity (Wildman–Crippen MR) is 81.6 cm³/mol. The SMILES string of the molecule is COc1ccc(NC(=O)CSc2nc(N)cc(=O)[nH]2)cc1. The minimum absolute atomic E-state index is 0.110. The Morgan fingerprint density at radius 2 is 2.14 bits per heavy atom. The first kappa shape index (κ1) is 14.9. The Balaban J connectivity index is 1.90. The van der Waals surface area contributed by atoms with Crippen molar-refractivity contribution in [2.45, 2.75) is 5.16 Å². The second-order valence-corrected chi connectivity index (χ2v) is 5.00. The number of rotatable bonds is 5. The van der Waals surface area contributed by atoms with Crippen LogP contribution in [0.3, 0.4) is 0 Å². The largest absolute Gasteiger partial charge is 0.497 e. The molecule has 1 aromatic carbocycles. The molecule has 1 amide bonds. The van der Waals surface area contributed by atoms with Gasteiger partial charge in [0.05, 0.1) is 12.9 Å². The average Bonchev–Trinajstić information content (AvgIpc) is 2.45. The summed E-state index contributed by atoms with van der Waals surface area (Å²) in [5, 5.41) is 3.04. The van der Waals surface area contributed by atoms with Gasteiger partial charge in [-0.05, 0) is 24.3 Å². The van der Waals surface area contributed by atoms with Gasteiger partial charge in [0.1, 0.15) is 11.6 Å². The lowest BCUT2D eigenvalue weighted by molar-refractivity contribution is -0.113. The van der Waals surface area contributed by atoms with Gasteiger partial charge in [-0.1, -0.05) is 11.8 Å². The second-order valence-electron chi connectivity index (χ2n) is 4.04. The molecule has 0 fully saturated rings. The van der Waals surface area contributed by atoms with Crippen molar-refractivity contribution in [3.05, 3.63) is 40.7 Å². The van der Waals surface area contributed by atoms with E-state index >= 15 is 0 Å². The minimum atomic E-state index is -0.347. The number of hydrogen-bond acceptors (Lipinski definition) is 6. The molecule has 1 aromatic heterocycles. The van der Waals surface area contributed by atoms with Gasteiger partial charge in [-0.2, -0.15) is 0 Å². The third-order valence-electron chi connectivity index (χ3n) is 2.45. The van der Waals surface area contributed by atoms with Crippen LogP contribution in [0.2, 0.25) is 0 Å². The Hall–Kier alpha value is -2.48. The number of thioether (sulfide) groups is 1. The van der Waals surface area contributed by atoms with E-state index in [-0.39, 0.29) is 23.0 Å². The van der Waals surface area contributed by atoms with Crippen molar-refractivity contribution >= 4 is 29.2 Å². The molecule has 4 N–H and O–H groups in total. The second kappa shape index (κ2) is 6.80. The summed E-state index contributed by atoms with van der Waals surface area (Å²) in [5.41, 5.74) is 5.78. The van der Waals surface area contributed by atoms with E-state index in [9.17, 15) is 9.59 Å². The van der Waals surface area contributed by atoms with Crippen LogP contribution < -0.4 is 21.3 Å². The number of nitrogen functional groups attached to an aromatic ring is 1. The lowest BCUT2D eigenvalue weighted by atomic mass is 10.3. The number of H-pyrrole nitrogens is 1. The highest BCUT2D eigenvalue weighted by Crippen LogP contribution is 2.16. The molecule has 8 heteroatoms. The maximum atomic E-state index is 11.8. The Morgan fingerprint density at radius 1 is 1.43 bits per heavy atom. The minimum Gasteiger partial charge on any atom is -0.497 e. The zero-order chi connectivity index (χ0) is 15.2. The number of anilines is 2. The van der Waals surface area contributed by atoms with E-state index in [0.717, 1.165) is 11.8 Å². The van der Waals surface area contributed by atoms with Gasteiger partial charge in [0.2, 0.25) is 5.91 Å². The number of benzene rings is 1. The number of aromatic amines is 1. The summed E-state index contributed by atoms with van der Waals surface area (Å²) in [4.78, 5) is 29.4. The summed E-state index contributed by atoms with van der Waals surface area (Å²) in [6.45, 7) is 0. The molecule has 0 aliphatic carbocycles. The molecule has 1 heterocycles. The van der Waals surface area contributed by atoms with Crippen molar-refractivity contribution in [3.63, 3.8) is 0 Å². The van der Waals surface area contributed by atoms with Crippen LogP contribution in [0.1, 0.15) is 0 Å². The number of aromatic nitrogens is 2. The summed E-state index contributed by atoms with van der Waals surface area (Å²) in [6.07, 6.45) is 0. The van der Waals surface area contributed by atoms with Crippen LogP contribution in [0.25, 0.3) is 0 Å². The van der Waals surface area contributed by atoms with E-state index in [1.807, 2.05) is 0 Å². The summed E-state index contributed by atoms with van der Waals surface area (Å²) in [6, 6.07) is 8.16. The van der Waals surface area contributed by atoms with E-state index in [1.165, 1.54) is 6.07 Å². The number of nitrogens with two attached hydrogens (primary N) is 1. The molecule has 2 aromatic rings. The molecule has 0 aliphatic heterocycles. The fourth-order valence-electron chi connectivity index (χ4n) is 1.53. The Labute approximate surface area is 124 Å². The number of amides is 1. The Kier molecular flexibility index (Phi) is 4.83. The highest BCUT2D eigenvalue weighted by molar-refractivity contribution is 7.99. The van der Waals surface area contributed by atoms with E-state index in [0.29, 0.717) is 16.6 Å². The third kappa shape index (κ3) is 4.53. The van der Waals surface area contributed by atoms with Crippen LogP contribution in [0.15, 0.2) is 40.3 Å². The lowest BCUT2D eigenvalue weighted by Gasteiger charge is -2.06. The number of ether oxygens (including phenoxy) is 1. The molecule has 7 nitrogen and oxygen atoms in total. The number of carbonyl (C=O) groups is 1. The van der Waals surface area contributed by atoms with Crippen LogP contribution in [0, 0.1) is 0 Å². The van der Waals surface area contributed by atoms with Crippen molar-refractivity contribution in [1.29, 1.82) is 0 Å². The van der Waals surface area contributed by atoms with Gasteiger partial charge < -0.3 is 20.8 Å². The first-order valence-electron chi connectivity index (χ1n) is 6.00. The van der Waals surface area contributed by atoms with Crippen molar-refractivity contribution in [2.24, 2.45) is 0 Å². The summed E-state index contributed by atoms with van der Waals surface area (Å²) in [5.74, 6) is 0.731. The van der Waals surface area contributed by atoms with Gasteiger partial charge in [-0.15, -0.1) is 0 Å². The van der Waals surface area contributed by atoms with Gasteiger partial charge in [-0.3, -0.25) is 9.59 Å². The van der Waals surface area contributed by atoms with Gasteiger partial charge >= 0.3 is 0 Å². The fraction of sp³-hybridized carbons (Fsp3) is 0.154. The maximum absolute atomic E-state index is 11.8. The van der Waals surface area contributed by atoms with E-state index in [1.54, 1.807) is 31.4 Å². The average molecular weight is 306 g/mol. The van der Waals surface area contributed by atoms with Crippen LogP contribution in [-0.4, -0.2) is 28.7 Å². The molecule has 0 radical (unpaired) electrons. The van der Waals surface area contributed by atoms with Crippen molar-refractivity contribution in [3.8, 4) is 5.75 Å². The first-order chi connectivity index (χ1) is 10.1. The quantitative estimate of drug-likeness (QED) is 0.563. The highest BCUT2D eigenvalue weighted by atomic mass is 32.2. The van der Waals surface area contributed by atoms with Crippen molar-refractivity contribution < 1.29 is 9.53 Å². The summed E-state index contributed by atoms with van der Waals surface area (Å²) in [7, 11) is 1.57. The van der Waals surface area contributed by atoms with E-state index < -0.39 is 0 Å². The maximum Gasteiger partial charge on any atom is 0.253 e. The topological polar surface area (TPSA) is 110 Å². The highest BCUT2D eigenvalue weighted by Gasteiger charge is 2.06. The molecular weight excluding hydrogens is 292 g/mol. The van der Waals surface area contributed by atoms with Crippen LogP contribution >= 0.6 is 11.8 Å². The normalized spacial score (nSPS) is 10.1. The number of carbonyl (C=O) groups excluding carboxylic acids is 1. The van der Waals surface area contributed by atoms with Crippen molar-refractivity contribution in [1.82, 2.24) is 9.97 Å². The molecule has 2 rings (SSSR count). The molecule has 0 unspecified atom stereocenters. The van der Waals surface area contributed by atoms with Gasteiger partial charge in [0, 0.05) is 11.8 Å². The van der Waals surface area contributed by atoms with Crippen molar-refractivity contribution in [2.75, 3.05) is 23.9 Å². The number of nitrogens with one attached hydrogen (secondary N) is 2. The number of methoxy groups -OCH3 is 1. The first-order valence-corrected chi connectivity index (χ1v) is 6.99. The zero-order valence-electron chi connectivity index (χ0n) is 11.3. The van der Waals surface area contributed by atoms with Gasteiger partial charge in [0.15, 0.2) is 5.16 Å². The predicted octanol–water partition coefficient (Wildman–Crippen LogP) is 1.09. The number of nitrogens with zero attached hydrogens (tertiary/aromatic N) is 1. The molecule has 0 saturated heterocycles. The molecule has 110 valence electrons. The smallest absolute Gasteiger partial charge is 0.253 e. The number of hydrogen-bond donors (Lipinski definition) is 3. The monoisotopic (exact) mass is 306 g/mol. The fourth-order valence-corrected chi connectivity index (χ4v) is 2.21. The lowest BCUT2D eigenvalue weighted by Crippen LogP contribution is -2.15. The molecular formula is C13H14N4O3S.